The Morgan fingerprint density at radius 3 is 2.81 bits per heavy atom. The van der Waals surface area contributed by atoms with Gasteiger partial charge in [0.1, 0.15) is 5.76 Å². The number of rotatable bonds is 5. The first-order valence-corrected chi connectivity index (χ1v) is 9.89. The smallest absolute Gasteiger partial charge is 0.287 e. The van der Waals surface area contributed by atoms with E-state index in [0.29, 0.717) is 29.0 Å². The van der Waals surface area contributed by atoms with Crippen LogP contribution in [0.1, 0.15) is 60.3 Å². The highest BCUT2D eigenvalue weighted by atomic mass is 35.5. The molecule has 2 aliphatic carbocycles. The largest absolute Gasteiger partial charge is 0.454 e. The molecule has 140 valence electrons. The number of nitrogens with one attached hydrogen (secondary N) is 1. The molecular formula is C20H26ClN3O2. The second-order valence-electron chi connectivity index (χ2n) is 8.01. The van der Waals surface area contributed by atoms with E-state index in [1.54, 1.807) is 10.7 Å². The van der Waals surface area contributed by atoms with Crippen LogP contribution >= 0.6 is 11.6 Å². The molecule has 5 nitrogen and oxygen atoms in total. The third-order valence-electron chi connectivity index (χ3n) is 6.28. The van der Waals surface area contributed by atoms with Crippen LogP contribution in [0.5, 0.6) is 0 Å². The molecule has 4 rings (SSSR count). The molecule has 2 saturated carbocycles. The summed E-state index contributed by atoms with van der Waals surface area (Å²) in [4.78, 5) is 12.6. The van der Waals surface area contributed by atoms with E-state index in [1.807, 2.05) is 19.9 Å². The number of carbonyl (C=O) groups is 1. The fourth-order valence-corrected chi connectivity index (χ4v) is 4.99. The number of carbonyl (C=O) groups excluding carboxylic acids is 1. The highest BCUT2D eigenvalue weighted by Crippen LogP contribution is 2.49. The molecule has 0 saturated heterocycles. The molecule has 0 aromatic carbocycles. The van der Waals surface area contributed by atoms with E-state index in [0.717, 1.165) is 23.2 Å². The minimum absolute atomic E-state index is 0.127. The summed E-state index contributed by atoms with van der Waals surface area (Å²) in [7, 11) is 0. The monoisotopic (exact) mass is 375 g/mol. The predicted molar refractivity (Wildman–Crippen MR) is 100 cm³/mol. The SMILES string of the molecule is Cc1nn(Cc2ccc(C(=O)N[C@@H](C)[C@@H]3C[C@@H]4CC[C@@H]3C4)o2)c(C)c1Cl. The van der Waals surface area contributed by atoms with Gasteiger partial charge in [0.2, 0.25) is 0 Å². The van der Waals surface area contributed by atoms with Crippen molar-refractivity contribution in [3.05, 3.63) is 40.1 Å². The second-order valence-corrected chi connectivity index (χ2v) is 8.39. The molecule has 0 aliphatic heterocycles. The van der Waals surface area contributed by atoms with Gasteiger partial charge in [-0.25, -0.2) is 0 Å². The Balaban J connectivity index is 1.39. The molecule has 1 amide bonds. The van der Waals surface area contributed by atoms with Crippen LogP contribution in [0.3, 0.4) is 0 Å². The maximum atomic E-state index is 12.6. The molecule has 2 aliphatic rings. The zero-order chi connectivity index (χ0) is 18.4. The van der Waals surface area contributed by atoms with Crippen molar-refractivity contribution in [3.8, 4) is 0 Å². The van der Waals surface area contributed by atoms with Gasteiger partial charge in [-0.2, -0.15) is 5.10 Å². The van der Waals surface area contributed by atoms with Crippen LogP contribution in [-0.4, -0.2) is 21.7 Å². The van der Waals surface area contributed by atoms with E-state index in [9.17, 15) is 4.79 Å². The highest BCUT2D eigenvalue weighted by Gasteiger charge is 2.42. The van der Waals surface area contributed by atoms with Crippen LogP contribution in [0, 0.1) is 31.6 Å². The zero-order valence-electron chi connectivity index (χ0n) is 15.6. The van der Waals surface area contributed by atoms with Crippen LogP contribution in [0.2, 0.25) is 5.02 Å². The Bertz CT molecular complexity index is 825. The van der Waals surface area contributed by atoms with E-state index < -0.39 is 0 Å². The molecule has 0 spiro atoms. The third-order valence-corrected chi connectivity index (χ3v) is 6.83. The van der Waals surface area contributed by atoms with Crippen molar-refractivity contribution in [1.29, 1.82) is 0 Å². The first-order chi connectivity index (χ1) is 12.4. The van der Waals surface area contributed by atoms with Crippen molar-refractivity contribution in [3.63, 3.8) is 0 Å². The Hall–Kier alpha value is -1.75. The van der Waals surface area contributed by atoms with Crippen molar-refractivity contribution in [2.24, 2.45) is 17.8 Å². The summed E-state index contributed by atoms with van der Waals surface area (Å²) in [5.41, 5.74) is 1.70. The van der Waals surface area contributed by atoms with E-state index in [2.05, 4.69) is 17.3 Å². The lowest BCUT2D eigenvalue weighted by molar-refractivity contribution is 0.0885. The van der Waals surface area contributed by atoms with Gasteiger partial charge in [-0.05, 0) is 69.9 Å². The number of furan rings is 1. The summed E-state index contributed by atoms with van der Waals surface area (Å²) in [6.45, 7) is 6.40. The van der Waals surface area contributed by atoms with Crippen LogP contribution < -0.4 is 5.32 Å². The van der Waals surface area contributed by atoms with E-state index in [4.69, 9.17) is 16.0 Å². The van der Waals surface area contributed by atoms with Gasteiger partial charge in [-0.15, -0.1) is 0 Å². The number of aryl methyl sites for hydroxylation is 1. The summed E-state index contributed by atoms with van der Waals surface area (Å²) in [6, 6.07) is 3.77. The van der Waals surface area contributed by atoms with Gasteiger partial charge in [0.05, 0.1) is 23.0 Å². The molecule has 2 bridgehead atoms. The number of halogens is 1. The maximum Gasteiger partial charge on any atom is 0.287 e. The average molecular weight is 376 g/mol. The quantitative estimate of drug-likeness (QED) is 0.845. The average Bonchev–Trinajstić information content (AvgIpc) is 3.38. The first-order valence-electron chi connectivity index (χ1n) is 9.51. The van der Waals surface area contributed by atoms with E-state index in [1.165, 1.54) is 25.7 Å². The predicted octanol–water partition coefficient (Wildman–Crippen LogP) is 4.35. The minimum atomic E-state index is -0.127. The van der Waals surface area contributed by atoms with Gasteiger partial charge in [-0.1, -0.05) is 18.0 Å². The Morgan fingerprint density at radius 2 is 2.19 bits per heavy atom. The van der Waals surface area contributed by atoms with Crippen molar-refractivity contribution in [2.75, 3.05) is 0 Å². The Kier molecular flexibility index (Phi) is 4.59. The van der Waals surface area contributed by atoms with Crippen LogP contribution in [0.25, 0.3) is 0 Å². The van der Waals surface area contributed by atoms with Crippen molar-refractivity contribution >= 4 is 17.5 Å². The molecule has 4 atom stereocenters. The van der Waals surface area contributed by atoms with Crippen LogP contribution in [-0.2, 0) is 6.54 Å². The molecule has 2 aromatic rings. The number of fused-ring (bicyclic) bond motifs is 2. The van der Waals surface area contributed by atoms with Crippen molar-refractivity contribution in [1.82, 2.24) is 15.1 Å². The number of aromatic nitrogens is 2. The first kappa shape index (κ1) is 17.7. The van der Waals surface area contributed by atoms with Gasteiger partial charge in [0.25, 0.3) is 5.91 Å². The number of nitrogens with zero attached hydrogens (tertiary/aromatic N) is 2. The fraction of sp³-hybridized carbons (Fsp3) is 0.600. The molecule has 2 fully saturated rings. The third kappa shape index (κ3) is 3.18. The summed E-state index contributed by atoms with van der Waals surface area (Å²) < 4.78 is 7.56. The van der Waals surface area contributed by atoms with E-state index in [-0.39, 0.29) is 11.9 Å². The van der Waals surface area contributed by atoms with E-state index >= 15 is 0 Å². The molecule has 2 heterocycles. The molecule has 2 aromatic heterocycles. The zero-order valence-corrected chi connectivity index (χ0v) is 16.3. The van der Waals surface area contributed by atoms with Gasteiger partial charge >= 0.3 is 0 Å². The lowest BCUT2D eigenvalue weighted by Crippen LogP contribution is -2.40. The van der Waals surface area contributed by atoms with Gasteiger partial charge in [0.15, 0.2) is 5.76 Å². The van der Waals surface area contributed by atoms with Crippen molar-refractivity contribution in [2.45, 2.75) is 59.0 Å². The molecule has 26 heavy (non-hydrogen) atoms. The lowest BCUT2D eigenvalue weighted by atomic mass is 9.84. The lowest BCUT2D eigenvalue weighted by Gasteiger charge is -2.28. The topological polar surface area (TPSA) is 60.1 Å². The molecule has 1 N–H and O–H groups in total. The molecule has 6 heteroatoms. The number of hydrogen-bond acceptors (Lipinski definition) is 3. The summed E-state index contributed by atoms with van der Waals surface area (Å²) in [5.74, 6) is 3.22. The standard InChI is InChI=1S/C20H26ClN3O2/c1-11(17-9-14-4-5-15(17)8-14)22-20(25)18-7-6-16(26-18)10-24-13(3)19(21)12(2)23-24/h6-7,11,14-15,17H,4-5,8-10H2,1-3H3,(H,22,25)/t11-,14+,15+,17-/m0/s1. The summed E-state index contributed by atoms with van der Waals surface area (Å²) >= 11 is 6.19. The Labute approximate surface area is 159 Å². The van der Waals surface area contributed by atoms with Crippen LogP contribution in [0.15, 0.2) is 16.5 Å². The maximum absolute atomic E-state index is 12.6. The summed E-state index contributed by atoms with van der Waals surface area (Å²) in [5, 5.41) is 8.23. The van der Waals surface area contributed by atoms with Gasteiger partial charge < -0.3 is 9.73 Å². The second kappa shape index (κ2) is 6.76. The Morgan fingerprint density at radius 1 is 1.38 bits per heavy atom. The van der Waals surface area contributed by atoms with Gasteiger partial charge in [0, 0.05) is 6.04 Å². The normalized spacial score (nSPS) is 25.6. The van der Waals surface area contributed by atoms with Gasteiger partial charge in [-0.3, -0.25) is 9.48 Å². The minimum Gasteiger partial charge on any atom is -0.454 e. The number of hydrogen-bond donors (Lipinski definition) is 1. The molecule has 0 unspecified atom stereocenters. The number of amides is 1. The molecule has 0 radical (unpaired) electrons. The summed E-state index contributed by atoms with van der Waals surface area (Å²) in [6.07, 6.45) is 5.31. The van der Waals surface area contributed by atoms with Crippen LogP contribution in [0.4, 0.5) is 0 Å². The fourth-order valence-electron chi connectivity index (χ4n) is 4.85. The highest BCUT2D eigenvalue weighted by molar-refractivity contribution is 6.31. The van der Waals surface area contributed by atoms with Crippen molar-refractivity contribution < 1.29 is 9.21 Å². The molecular weight excluding hydrogens is 350 g/mol.